The van der Waals surface area contributed by atoms with Crippen molar-refractivity contribution in [2.75, 3.05) is 11.9 Å². The maximum Gasteiger partial charge on any atom is 0.0366 e. The molecule has 0 atom stereocenters. The van der Waals surface area contributed by atoms with E-state index in [1.165, 1.54) is 56.2 Å². The molecule has 0 heterocycles. The van der Waals surface area contributed by atoms with Gasteiger partial charge in [-0.05, 0) is 43.4 Å². The largest absolute Gasteiger partial charge is 0.372 e. The fourth-order valence-electron chi connectivity index (χ4n) is 3.08. The van der Waals surface area contributed by atoms with E-state index in [4.69, 9.17) is 0 Å². The maximum absolute atomic E-state index is 3.57. The fourth-order valence-corrected chi connectivity index (χ4v) is 3.08. The van der Waals surface area contributed by atoms with Gasteiger partial charge in [-0.25, -0.2) is 0 Å². The lowest BCUT2D eigenvalue weighted by molar-refractivity contribution is 0.427. The molecule has 0 unspecified atom stereocenters. The molecule has 1 N–H and O–H groups in total. The molecular formula is C17H26N2. The van der Waals surface area contributed by atoms with E-state index >= 15 is 0 Å². The van der Waals surface area contributed by atoms with Crippen LogP contribution in [0.2, 0.25) is 0 Å². The zero-order valence-electron chi connectivity index (χ0n) is 12.1. The van der Waals surface area contributed by atoms with Gasteiger partial charge in [0.25, 0.3) is 0 Å². The van der Waals surface area contributed by atoms with Crippen LogP contribution in [0.4, 0.5) is 5.69 Å². The smallest absolute Gasteiger partial charge is 0.0366 e. The van der Waals surface area contributed by atoms with Crippen molar-refractivity contribution < 1.29 is 0 Å². The summed E-state index contributed by atoms with van der Waals surface area (Å²) < 4.78 is 0. The number of benzene rings is 1. The first kappa shape index (κ1) is 13.0. The number of rotatable bonds is 5. The lowest BCUT2D eigenvalue weighted by Crippen LogP contribution is -2.33. The van der Waals surface area contributed by atoms with Crippen molar-refractivity contribution in [3.05, 3.63) is 29.8 Å². The highest BCUT2D eigenvalue weighted by atomic mass is 15.1. The summed E-state index contributed by atoms with van der Waals surface area (Å²) in [6.07, 6.45) is 9.68. The first-order valence-corrected chi connectivity index (χ1v) is 7.88. The van der Waals surface area contributed by atoms with E-state index < -0.39 is 0 Å². The summed E-state index contributed by atoms with van der Waals surface area (Å²) in [5, 5.41) is 3.57. The third kappa shape index (κ3) is 3.50. The molecule has 19 heavy (non-hydrogen) atoms. The second kappa shape index (κ2) is 5.96. The minimum atomic E-state index is 0.754. The number of nitrogens with zero attached hydrogens (tertiary/aromatic N) is 1. The Kier molecular flexibility index (Phi) is 4.07. The summed E-state index contributed by atoms with van der Waals surface area (Å²) in [5.74, 6) is 0. The third-order valence-electron chi connectivity index (χ3n) is 4.64. The lowest BCUT2D eigenvalue weighted by atomic mass is 9.94. The molecule has 2 fully saturated rings. The predicted molar refractivity (Wildman–Crippen MR) is 81.6 cm³/mol. The molecule has 1 aromatic rings. The molecule has 0 aliphatic heterocycles. The van der Waals surface area contributed by atoms with Gasteiger partial charge in [-0.15, -0.1) is 0 Å². The van der Waals surface area contributed by atoms with Crippen molar-refractivity contribution >= 4 is 5.69 Å². The molecule has 0 aromatic heterocycles. The van der Waals surface area contributed by atoms with Gasteiger partial charge in [-0.2, -0.15) is 0 Å². The molecular weight excluding hydrogens is 232 g/mol. The Morgan fingerprint density at radius 3 is 2.32 bits per heavy atom. The van der Waals surface area contributed by atoms with Crippen LogP contribution >= 0.6 is 0 Å². The van der Waals surface area contributed by atoms with Crippen LogP contribution < -0.4 is 10.2 Å². The monoisotopic (exact) mass is 258 g/mol. The molecule has 0 saturated heterocycles. The van der Waals surface area contributed by atoms with Crippen LogP contribution in [0.5, 0.6) is 0 Å². The number of anilines is 1. The molecule has 2 aliphatic rings. The van der Waals surface area contributed by atoms with Gasteiger partial charge in [-0.1, -0.05) is 31.4 Å². The van der Waals surface area contributed by atoms with Crippen molar-refractivity contribution in [1.29, 1.82) is 0 Å². The second-order valence-electron chi connectivity index (χ2n) is 6.22. The SMILES string of the molecule is CN(c1ccc(CNC2CC2)cc1)C1CCCCC1. The van der Waals surface area contributed by atoms with E-state index in [9.17, 15) is 0 Å². The minimum Gasteiger partial charge on any atom is -0.372 e. The molecule has 1 aromatic carbocycles. The fraction of sp³-hybridized carbons (Fsp3) is 0.647. The van der Waals surface area contributed by atoms with Crippen LogP contribution in [0.25, 0.3) is 0 Å². The van der Waals surface area contributed by atoms with Crippen LogP contribution in [-0.2, 0) is 6.54 Å². The van der Waals surface area contributed by atoms with Crippen LogP contribution in [0.1, 0.15) is 50.5 Å². The Hall–Kier alpha value is -1.02. The summed E-state index contributed by atoms with van der Waals surface area (Å²) >= 11 is 0. The molecule has 3 rings (SSSR count). The molecule has 0 amide bonds. The Labute approximate surface area is 117 Å². The van der Waals surface area contributed by atoms with Crippen LogP contribution in [-0.4, -0.2) is 19.1 Å². The van der Waals surface area contributed by atoms with Gasteiger partial charge in [0, 0.05) is 31.4 Å². The topological polar surface area (TPSA) is 15.3 Å². The van der Waals surface area contributed by atoms with Gasteiger partial charge < -0.3 is 10.2 Å². The molecule has 2 nitrogen and oxygen atoms in total. The Balaban J connectivity index is 1.57. The average Bonchev–Trinajstić information content (AvgIpc) is 3.30. The average molecular weight is 258 g/mol. The summed E-state index contributed by atoms with van der Waals surface area (Å²) in [6.45, 7) is 1.03. The second-order valence-corrected chi connectivity index (χ2v) is 6.22. The van der Waals surface area contributed by atoms with E-state index in [0.29, 0.717) is 0 Å². The lowest BCUT2D eigenvalue weighted by Gasteiger charge is -2.33. The Morgan fingerprint density at radius 2 is 1.68 bits per heavy atom. The zero-order valence-corrected chi connectivity index (χ0v) is 12.1. The molecule has 0 spiro atoms. The highest BCUT2D eigenvalue weighted by Gasteiger charge is 2.20. The molecule has 2 aliphatic carbocycles. The minimum absolute atomic E-state index is 0.754. The third-order valence-corrected chi connectivity index (χ3v) is 4.64. The van der Waals surface area contributed by atoms with Crippen molar-refractivity contribution in [2.24, 2.45) is 0 Å². The number of hydrogen-bond acceptors (Lipinski definition) is 2. The molecule has 0 radical (unpaired) electrons. The van der Waals surface area contributed by atoms with Gasteiger partial charge >= 0.3 is 0 Å². The molecule has 2 saturated carbocycles. The summed E-state index contributed by atoms with van der Waals surface area (Å²) in [7, 11) is 2.26. The highest BCUT2D eigenvalue weighted by Crippen LogP contribution is 2.26. The maximum atomic E-state index is 3.57. The van der Waals surface area contributed by atoms with Crippen LogP contribution in [0.3, 0.4) is 0 Å². The van der Waals surface area contributed by atoms with Gasteiger partial charge in [0.1, 0.15) is 0 Å². The summed E-state index contributed by atoms with van der Waals surface area (Å²) in [4.78, 5) is 2.48. The van der Waals surface area contributed by atoms with Gasteiger partial charge in [0.2, 0.25) is 0 Å². The van der Waals surface area contributed by atoms with Gasteiger partial charge in [-0.3, -0.25) is 0 Å². The highest BCUT2D eigenvalue weighted by molar-refractivity contribution is 5.47. The van der Waals surface area contributed by atoms with Crippen LogP contribution in [0, 0.1) is 0 Å². The van der Waals surface area contributed by atoms with Gasteiger partial charge in [0.15, 0.2) is 0 Å². The van der Waals surface area contributed by atoms with Crippen molar-refractivity contribution in [3.8, 4) is 0 Å². The van der Waals surface area contributed by atoms with Crippen molar-refractivity contribution in [1.82, 2.24) is 5.32 Å². The standard InChI is InChI=1S/C17H26N2/c1-19(16-5-3-2-4-6-16)17-11-7-14(8-12-17)13-18-15-9-10-15/h7-8,11-12,15-16,18H,2-6,9-10,13H2,1H3. The Morgan fingerprint density at radius 1 is 1.00 bits per heavy atom. The zero-order chi connectivity index (χ0) is 13.1. The quantitative estimate of drug-likeness (QED) is 0.866. The first-order chi connectivity index (χ1) is 9.33. The van der Waals surface area contributed by atoms with Crippen molar-refractivity contribution in [3.63, 3.8) is 0 Å². The molecule has 2 heteroatoms. The van der Waals surface area contributed by atoms with Crippen molar-refractivity contribution in [2.45, 2.75) is 63.6 Å². The first-order valence-electron chi connectivity index (χ1n) is 7.88. The van der Waals surface area contributed by atoms with Gasteiger partial charge in [0.05, 0.1) is 0 Å². The van der Waals surface area contributed by atoms with E-state index in [2.05, 4.69) is 41.5 Å². The Bertz CT molecular complexity index is 388. The number of nitrogens with one attached hydrogen (secondary N) is 1. The van der Waals surface area contributed by atoms with E-state index in [-0.39, 0.29) is 0 Å². The number of hydrogen-bond donors (Lipinski definition) is 1. The van der Waals surface area contributed by atoms with E-state index in [1.807, 2.05) is 0 Å². The van der Waals surface area contributed by atoms with E-state index in [0.717, 1.165) is 18.6 Å². The molecule has 0 bridgehead atoms. The normalized spacial score (nSPS) is 20.5. The van der Waals surface area contributed by atoms with E-state index in [1.54, 1.807) is 0 Å². The van der Waals surface area contributed by atoms with Crippen LogP contribution in [0.15, 0.2) is 24.3 Å². The molecule has 104 valence electrons. The predicted octanol–water partition coefficient (Wildman–Crippen LogP) is 3.71. The summed E-state index contributed by atoms with van der Waals surface area (Å²) in [5.41, 5.74) is 2.79. The summed E-state index contributed by atoms with van der Waals surface area (Å²) in [6, 6.07) is 10.7.